The van der Waals surface area contributed by atoms with Gasteiger partial charge in [-0.15, -0.1) is 0 Å². The molecule has 0 spiro atoms. The van der Waals surface area contributed by atoms with Crippen LogP contribution in [0.4, 0.5) is 24.7 Å². The van der Waals surface area contributed by atoms with Crippen LogP contribution >= 0.6 is 0 Å². The van der Waals surface area contributed by atoms with Gasteiger partial charge in [0.1, 0.15) is 35.3 Å². The lowest BCUT2D eigenvalue weighted by Crippen LogP contribution is -2.47. The summed E-state index contributed by atoms with van der Waals surface area (Å²) in [7, 11) is -2.59. The second-order valence-corrected chi connectivity index (χ2v) is 12.5. The number of nitrogens with zero attached hydrogens (tertiary/aromatic N) is 6. The minimum atomic E-state index is -4.75. The van der Waals surface area contributed by atoms with Crippen molar-refractivity contribution in [2.45, 2.75) is 42.7 Å². The van der Waals surface area contributed by atoms with Crippen molar-refractivity contribution in [1.82, 2.24) is 29.5 Å². The number of nitrogens with two attached hydrogens (primary N) is 1. The summed E-state index contributed by atoms with van der Waals surface area (Å²) in [5, 5.41) is 5.28. The zero-order chi connectivity index (χ0) is 29.6. The summed E-state index contributed by atoms with van der Waals surface area (Å²) in [4.78, 5) is 12.3. The molecule has 222 valence electrons. The number of benzene rings is 2. The smallest absolute Gasteiger partial charge is 0.267 e. The molecule has 0 aliphatic carbocycles. The van der Waals surface area contributed by atoms with Crippen LogP contribution in [0.15, 0.2) is 47.6 Å². The lowest BCUT2D eigenvalue weighted by atomic mass is 9.98. The van der Waals surface area contributed by atoms with Gasteiger partial charge >= 0.3 is 0 Å². The predicted molar refractivity (Wildman–Crippen MR) is 153 cm³/mol. The molecule has 14 heteroatoms. The van der Waals surface area contributed by atoms with Crippen molar-refractivity contribution in [3.05, 3.63) is 60.2 Å². The Kier molecular flexibility index (Phi) is 7.53. The molecule has 0 saturated carbocycles. The van der Waals surface area contributed by atoms with Crippen LogP contribution < -0.4 is 10.5 Å². The molecule has 0 bridgehead atoms. The Hall–Kier alpha value is -3.75. The van der Waals surface area contributed by atoms with Crippen molar-refractivity contribution in [1.29, 1.82) is 0 Å². The molecule has 2 aromatic heterocycles. The molecule has 2 aliphatic rings. The number of nitrogen functional groups attached to an aromatic ring is 1. The fourth-order valence-corrected chi connectivity index (χ4v) is 7.19. The van der Waals surface area contributed by atoms with E-state index in [4.69, 9.17) is 10.8 Å². The summed E-state index contributed by atoms with van der Waals surface area (Å²) in [6, 6.07) is 7.02. The Morgan fingerprint density at radius 3 is 2.24 bits per heavy atom. The Labute approximate surface area is 241 Å². The maximum atomic E-state index is 15.3. The molecule has 4 heterocycles. The molecule has 4 aromatic rings. The van der Waals surface area contributed by atoms with Gasteiger partial charge in [0.15, 0.2) is 10.5 Å². The van der Waals surface area contributed by atoms with Gasteiger partial charge in [-0.3, -0.25) is 4.72 Å². The first kappa shape index (κ1) is 28.4. The maximum absolute atomic E-state index is 15.3. The molecule has 6 rings (SSSR count). The third kappa shape index (κ3) is 5.29. The number of nitrogens with one attached hydrogen (secondary N) is 1. The van der Waals surface area contributed by atoms with E-state index in [1.165, 1.54) is 18.5 Å². The molecule has 2 aromatic carbocycles. The molecular weight excluding hydrogens is 569 g/mol. The molecule has 10 nitrogen and oxygen atoms in total. The van der Waals surface area contributed by atoms with Gasteiger partial charge in [-0.1, -0.05) is 12.1 Å². The zero-order valence-electron chi connectivity index (χ0n) is 23.0. The van der Waals surface area contributed by atoms with E-state index < -0.39 is 38.1 Å². The van der Waals surface area contributed by atoms with Crippen LogP contribution in [0.3, 0.4) is 0 Å². The lowest BCUT2D eigenvalue weighted by molar-refractivity contribution is 0.0859. The van der Waals surface area contributed by atoms with Crippen LogP contribution in [0.1, 0.15) is 31.7 Å². The molecule has 3 N–H and O–H groups in total. The first-order chi connectivity index (χ1) is 20.1. The van der Waals surface area contributed by atoms with E-state index in [2.05, 4.69) is 26.8 Å². The highest BCUT2D eigenvalue weighted by Crippen LogP contribution is 2.36. The quantitative estimate of drug-likeness (QED) is 0.340. The molecule has 2 aliphatic heterocycles. The summed E-state index contributed by atoms with van der Waals surface area (Å²) in [5.41, 5.74) is 6.98. The Bertz CT molecular complexity index is 1710. The van der Waals surface area contributed by atoms with Crippen molar-refractivity contribution in [3.8, 4) is 11.3 Å². The maximum Gasteiger partial charge on any atom is 0.267 e. The standard InChI is InChI=1S/C28H31F3N8O2S/c1-37-11-7-18(8-12-37)38-13-9-19(10-14-38)39-28-24(27(32)33-16-34-28)25(35-39)17-5-6-23(22(31)15-17)36-42(40,41)26-20(29)3-2-4-21(26)30/h2-6,15-16,18-19,36H,7-14H2,1H3,(H2,32,33,34). The number of anilines is 2. The minimum Gasteiger partial charge on any atom is -0.383 e. The number of aromatic nitrogens is 4. The van der Waals surface area contributed by atoms with E-state index in [-0.39, 0.29) is 11.9 Å². The van der Waals surface area contributed by atoms with Crippen molar-refractivity contribution >= 4 is 32.6 Å². The van der Waals surface area contributed by atoms with E-state index in [1.54, 1.807) is 0 Å². The van der Waals surface area contributed by atoms with Crippen molar-refractivity contribution in [2.24, 2.45) is 0 Å². The van der Waals surface area contributed by atoms with Crippen molar-refractivity contribution in [3.63, 3.8) is 0 Å². The number of likely N-dealkylation sites (tertiary alicyclic amines) is 2. The highest BCUT2D eigenvalue weighted by Gasteiger charge is 2.31. The van der Waals surface area contributed by atoms with Gasteiger partial charge in [0, 0.05) is 24.7 Å². The lowest BCUT2D eigenvalue weighted by Gasteiger charge is -2.41. The number of halogens is 3. The van der Waals surface area contributed by atoms with Gasteiger partial charge < -0.3 is 15.5 Å². The van der Waals surface area contributed by atoms with Crippen LogP contribution in [-0.2, 0) is 10.0 Å². The van der Waals surface area contributed by atoms with Crippen LogP contribution in [0.2, 0.25) is 0 Å². The summed E-state index contributed by atoms with van der Waals surface area (Å²) < 4.78 is 72.6. The number of piperidine rings is 2. The highest BCUT2D eigenvalue weighted by atomic mass is 32.2. The number of rotatable bonds is 6. The summed E-state index contributed by atoms with van der Waals surface area (Å²) in [6.45, 7) is 4.07. The predicted octanol–water partition coefficient (Wildman–Crippen LogP) is 4.02. The SMILES string of the molecule is CN1CCC(N2CCC(n3nc(-c4ccc(NS(=O)(=O)c5c(F)cccc5F)c(F)c4)c4c(N)ncnc43)CC2)CC1. The van der Waals surface area contributed by atoms with Gasteiger partial charge in [0.2, 0.25) is 0 Å². The molecular formula is C28H31F3N8O2S. The van der Waals surface area contributed by atoms with Crippen LogP contribution in [0.25, 0.3) is 22.3 Å². The van der Waals surface area contributed by atoms with Gasteiger partial charge in [-0.05, 0) is 70.1 Å². The molecule has 0 unspecified atom stereocenters. The average molecular weight is 601 g/mol. The van der Waals surface area contributed by atoms with Crippen LogP contribution in [0, 0.1) is 17.5 Å². The molecule has 0 amide bonds. The second kappa shape index (κ2) is 11.2. The van der Waals surface area contributed by atoms with Gasteiger partial charge in [0.05, 0.1) is 17.1 Å². The van der Waals surface area contributed by atoms with Gasteiger partial charge in [-0.25, -0.2) is 36.2 Å². The van der Waals surface area contributed by atoms with Gasteiger partial charge in [-0.2, -0.15) is 5.10 Å². The Morgan fingerprint density at radius 2 is 1.57 bits per heavy atom. The second-order valence-electron chi connectivity index (χ2n) is 10.9. The summed E-state index contributed by atoms with van der Waals surface area (Å²) in [5.74, 6) is -3.35. The Balaban J connectivity index is 1.27. The van der Waals surface area contributed by atoms with E-state index in [9.17, 15) is 17.2 Å². The Morgan fingerprint density at radius 1 is 0.905 bits per heavy atom. The first-order valence-corrected chi connectivity index (χ1v) is 15.3. The third-order valence-electron chi connectivity index (χ3n) is 8.24. The van der Waals surface area contributed by atoms with E-state index in [0.29, 0.717) is 28.3 Å². The molecule has 0 radical (unpaired) electrons. The molecule has 2 fully saturated rings. The topological polar surface area (TPSA) is 122 Å². The van der Waals surface area contributed by atoms with Crippen molar-refractivity contribution in [2.75, 3.05) is 43.7 Å². The van der Waals surface area contributed by atoms with E-state index in [0.717, 1.165) is 76.1 Å². The minimum absolute atomic E-state index is 0.0599. The molecule has 42 heavy (non-hydrogen) atoms. The fourth-order valence-electron chi connectivity index (χ4n) is 5.99. The van der Waals surface area contributed by atoms with Crippen LogP contribution in [-0.4, -0.2) is 77.2 Å². The largest absolute Gasteiger partial charge is 0.383 e. The van der Waals surface area contributed by atoms with Crippen LogP contribution in [0.5, 0.6) is 0 Å². The number of hydrogen-bond donors (Lipinski definition) is 2. The monoisotopic (exact) mass is 600 g/mol. The van der Waals surface area contributed by atoms with Gasteiger partial charge in [0.25, 0.3) is 10.0 Å². The average Bonchev–Trinajstić information content (AvgIpc) is 3.35. The van der Waals surface area contributed by atoms with Crippen molar-refractivity contribution < 1.29 is 21.6 Å². The normalized spacial score (nSPS) is 18.1. The summed E-state index contributed by atoms with van der Waals surface area (Å²) in [6.07, 6.45) is 5.43. The summed E-state index contributed by atoms with van der Waals surface area (Å²) >= 11 is 0. The zero-order valence-corrected chi connectivity index (χ0v) is 23.8. The number of hydrogen-bond acceptors (Lipinski definition) is 8. The third-order valence-corrected chi connectivity index (χ3v) is 9.66. The molecule has 2 saturated heterocycles. The fraction of sp³-hybridized carbons (Fsp3) is 0.393. The first-order valence-electron chi connectivity index (χ1n) is 13.8. The number of fused-ring (bicyclic) bond motifs is 1. The van der Waals surface area contributed by atoms with E-state index in [1.807, 2.05) is 9.40 Å². The molecule has 0 atom stereocenters. The van der Waals surface area contributed by atoms with E-state index >= 15 is 4.39 Å². The number of sulfonamides is 1. The highest BCUT2D eigenvalue weighted by molar-refractivity contribution is 7.92.